The van der Waals surface area contributed by atoms with E-state index in [4.69, 9.17) is 0 Å². The van der Waals surface area contributed by atoms with Gasteiger partial charge in [-0.25, -0.2) is 8.42 Å². The van der Waals surface area contributed by atoms with Crippen LogP contribution in [0.4, 0.5) is 5.69 Å². The average Bonchev–Trinajstić information content (AvgIpc) is 2.64. The standard InChI is InChI=1S/C12H14BrNO3S/c1-7(18(2,16)17)12(13)8-3-4-10-9(5-8)6-11(15)14-10/h3-5,7,12H,6H2,1-2H3,(H,14,15). The third kappa shape index (κ3) is 2.59. The van der Waals surface area contributed by atoms with E-state index in [9.17, 15) is 13.2 Å². The van der Waals surface area contributed by atoms with Gasteiger partial charge < -0.3 is 5.32 Å². The number of rotatable bonds is 3. The van der Waals surface area contributed by atoms with Crippen molar-refractivity contribution in [2.24, 2.45) is 0 Å². The van der Waals surface area contributed by atoms with E-state index >= 15 is 0 Å². The number of fused-ring (bicyclic) bond motifs is 1. The molecule has 2 unspecified atom stereocenters. The largest absolute Gasteiger partial charge is 0.326 e. The van der Waals surface area contributed by atoms with Gasteiger partial charge in [0.15, 0.2) is 9.84 Å². The molecule has 1 heterocycles. The molecule has 1 aromatic carbocycles. The Morgan fingerprint density at radius 1 is 1.39 bits per heavy atom. The van der Waals surface area contributed by atoms with Crippen molar-refractivity contribution < 1.29 is 13.2 Å². The van der Waals surface area contributed by atoms with Crippen molar-refractivity contribution in [2.75, 3.05) is 11.6 Å². The van der Waals surface area contributed by atoms with Gasteiger partial charge in [-0.15, -0.1) is 0 Å². The van der Waals surface area contributed by atoms with Crippen LogP contribution in [0.25, 0.3) is 0 Å². The maximum atomic E-state index is 11.5. The molecule has 0 radical (unpaired) electrons. The second-order valence-electron chi connectivity index (χ2n) is 4.58. The number of carbonyl (C=O) groups excluding carboxylic acids is 1. The van der Waals surface area contributed by atoms with Gasteiger partial charge in [0, 0.05) is 11.9 Å². The molecule has 1 aliphatic heterocycles. The Hall–Kier alpha value is -0.880. The highest BCUT2D eigenvalue weighted by Gasteiger charge is 2.26. The van der Waals surface area contributed by atoms with Crippen LogP contribution in [0.1, 0.15) is 22.9 Å². The Bertz CT molecular complexity index is 597. The number of hydrogen-bond donors (Lipinski definition) is 1. The molecular weight excluding hydrogens is 318 g/mol. The summed E-state index contributed by atoms with van der Waals surface area (Å²) in [7, 11) is -3.10. The third-order valence-electron chi connectivity index (χ3n) is 3.16. The van der Waals surface area contributed by atoms with Crippen molar-refractivity contribution >= 4 is 37.4 Å². The number of amides is 1. The van der Waals surface area contributed by atoms with Crippen LogP contribution in [0.2, 0.25) is 0 Å². The van der Waals surface area contributed by atoms with Crippen molar-refractivity contribution in [2.45, 2.75) is 23.4 Å². The van der Waals surface area contributed by atoms with Crippen molar-refractivity contribution in [3.63, 3.8) is 0 Å². The van der Waals surface area contributed by atoms with Gasteiger partial charge in [0.2, 0.25) is 5.91 Å². The zero-order valence-corrected chi connectivity index (χ0v) is 12.5. The summed E-state index contributed by atoms with van der Waals surface area (Å²) in [6, 6.07) is 5.54. The second kappa shape index (κ2) is 4.66. The molecule has 1 N–H and O–H groups in total. The number of sulfone groups is 1. The van der Waals surface area contributed by atoms with Crippen molar-refractivity contribution in [1.82, 2.24) is 0 Å². The first-order valence-electron chi connectivity index (χ1n) is 5.54. The SMILES string of the molecule is CC(C(Br)c1ccc2c(c1)CC(=O)N2)S(C)(=O)=O. The number of carbonyl (C=O) groups is 1. The first-order chi connectivity index (χ1) is 8.29. The summed E-state index contributed by atoms with van der Waals surface area (Å²) in [5.74, 6) is -0.0237. The monoisotopic (exact) mass is 331 g/mol. The van der Waals surface area contributed by atoms with Crippen LogP contribution in [-0.4, -0.2) is 25.8 Å². The number of benzene rings is 1. The Balaban J connectivity index is 2.31. The molecule has 0 fully saturated rings. The molecule has 6 heteroatoms. The van der Waals surface area contributed by atoms with E-state index in [0.29, 0.717) is 6.42 Å². The van der Waals surface area contributed by atoms with Gasteiger partial charge >= 0.3 is 0 Å². The zero-order chi connectivity index (χ0) is 13.5. The minimum Gasteiger partial charge on any atom is -0.326 e. The molecule has 98 valence electrons. The molecule has 1 aromatic rings. The van der Waals surface area contributed by atoms with Gasteiger partial charge in [0.05, 0.1) is 16.5 Å². The third-order valence-corrected chi connectivity index (χ3v) is 6.45. The number of hydrogen-bond acceptors (Lipinski definition) is 3. The summed E-state index contributed by atoms with van der Waals surface area (Å²) < 4.78 is 23.1. The highest BCUT2D eigenvalue weighted by atomic mass is 79.9. The Labute approximate surface area is 115 Å². The molecule has 0 saturated carbocycles. The minimum atomic E-state index is -3.10. The van der Waals surface area contributed by atoms with E-state index < -0.39 is 15.1 Å². The van der Waals surface area contributed by atoms with Gasteiger partial charge in [-0.3, -0.25) is 4.79 Å². The van der Waals surface area contributed by atoms with Crippen LogP contribution in [0.15, 0.2) is 18.2 Å². The normalized spacial score (nSPS) is 18.1. The van der Waals surface area contributed by atoms with Crippen molar-refractivity contribution in [3.8, 4) is 0 Å². The smallest absolute Gasteiger partial charge is 0.228 e. The lowest BCUT2D eigenvalue weighted by molar-refractivity contribution is -0.115. The topological polar surface area (TPSA) is 63.2 Å². The molecule has 0 spiro atoms. The highest BCUT2D eigenvalue weighted by molar-refractivity contribution is 9.09. The minimum absolute atomic E-state index is 0.0237. The highest BCUT2D eigenvalue weighted by Crippen LogP contribution is 2.34. The van der Waals surface area contributed by atoms with E-state index in [-0.39, 0.29) is 10.7 Å². The number of nitrogens with one attached hydrogen (secondary N) is 1. The summed E-state index contributed by atoms with van der Waals surface area (Å²) in [5, 5.41) is 2.24. The Kier molecular flexibility index (Phi) is 3.51. The van der Waals surface area contributed by atoms with Gasteiger partial charge in [0.1, 0.15) is 0 Å². The first kappa shape index (κ1) is 13.5. The van der Waals surface area contributed by atoms with Gasteiger partial charge in [-0.05, 0) is 24.1 Å². The molecule has 0 bridgehead atoms. The number of alkyl halides is 1. The van der Waals surface area contributed by atoms with Crippen LogP contribution in [0.5, 0.6) is 0 Å². The molecule has 2 rings (SSSR count). The fraction of sp³-hybridized carbons (Fsp3) is 0.417. The van der Waals surface area contributed by atoms with E-state index in [1.54, 1.807) is 6.92 Å². The second-order valence-corrected chi connectivity index (χ2v) is 7.97. The van der Waals surface area contributed by atoms with Gasteiger partial charge in [-0.2, -0.15) is 0 Å². The molecular formula is C12H14BrNO3S. The quantitative estimate of drug-likeness (QED) is 0.862. The van der Waals surface area contributed by atoms with Crippen molar-refractivity contribution in [3.05, 3.63) is 29.3 Å². The zero-order valence-electron chi connectivity index (χ0n) is 10.1. The fourth-order valence-corrected chi connectivity index (χ4v) is 3.96. The Morgan fingerprint density at radius 2 is 2.06 bits per heavy atom. The predicted molar refractivity (Wildman–Crippen MR) is 74.7 cm³/mol. The summed E-state index contributed by atoms with van der Waals surface area (Å²) in [4.78, 5) is 11.0. The molecule has 1 aliphatic rings. The lowest BCUT2D eigenvalue weighted by Gasteiger charge is -2.17. The maximum absolute atomic E-state index is 11.5. The molecule has 0 saturated heterocycles. The summed E-state index contributed by atoms with van der Waals surface area (Å²) in [5.41, 5.74) is 2.61. The van der Waals surface area contributed by atoms with E-state index in [1.807, 2.05) is 18.2 Å². The molecule has 0 aromatic heterocycles. The fourth-order valence-electron chi connectivity index (χ4n) is 1.91. The van der Waals surface area contributed by atoms with Crippen LogP contribution in [0, 0.1) is 0 Å². The molecule has 0 aliphatic carbocycles. The Morgan fingerprint density at radius 3 is 2.67 bits per heavy atom. The summed E-state index contributed by atoms with van der Waals surface area (Å²) in [6.45, 7) is 1.67. The molecule has 4 nitrogen and oxygen atoms in total. The average molecular weight is 332 g/mol. The van der Waals surface area contributed by atoms with Crippen LogP contribution >= 0.6 is 15.9 Å². The van der Waals surface area contributed by atoms with Crippen LogP contribution in [0.3, 0.4) is 0 Å². The van der Waals surface area contributed by atoms with Crippen LogP contribution in [-0.2, 0) is 21.1 Å². The number of halogens is 1. The van der Waals surface area contributed by atoms with Gasteiger partial charge in [-0.1, -0.05) is 28.1 Å². The molecule has 1 amide bonds. The van der Waals surface area contributed by atoms with E-state index in [0.717, 1.165) is 16.8 Å². The number of anilines is 1. The summed E-state index contributed by atoms with van der Waals surface area (Å²) in [6.07, 6.45) is 1.58. The van der Waals surface area contributed by atoms with E-state index in [1.165, 1.54) is 6.26 Å². The molecule has 18 heavy (non-hydrogen) atoms. The van der Waals surface area contributed by atoms with Crippen molar-refractivity contribution in [1.29, 1.82) is 0 Å². The lowest BCUT2D eigenvalue weighted by Crippen LogP contribution is -2.20. The predicted octanol–water partition coefficient (Wildman–Crippen LogP) is 2.05. The van der Waals surface area contributed by atoms with Gasteiger partial charge in [0.25, 0.3) is 0 Å². The van der Waals surface area contributed by atoms with E-state index in [2.05, 4.69) is 21.2 Å². The molecule has 2 atom stereocenters. The maximum Gasteiger partial charge on any atom is 0.228 e. The lowest BCUT2D eigenvalue weighted by atomic mass is 10.0. The summed E-state index contributed by atoms with van der Waals surface area (Å²) >= 11 is 3.43. The first-order valence-corrected chi connectivity index (χ1v) is 8.41. The van der Waals surface area contributed by atoms with Crippen LogP contribution < -0.4 is 5.32 Å².